The molecule has 0 amide bonds. The summed E-state index contributed by atoms with van der Waals surface area (Å²) in [7, 11) is 3.92. The molecule has 2 aromatic carbocycles. The number of ether oxygens (including phenoxy) is 1. The van der Waals surface area contributed by atoms with E-state index in [9.17, 15) is 18.7 Å². The van der Waals surface area contributed by atoms with Crippen LogP contribution in [0.4, 0.5) is 14.5 Å². The van der Waals surface area contributed by atoms with Crippen LogP contribution in [0.5, 0.6) is 0 Å². The molecule has 0 spiro atoms. The van der Waals surface area contributed by atoms with Crippen LogP contribution in [-0.2, 0) is 16.1 Å². The molecule has 7 heteroatoms. The Morgan fingerprint density at radius 1 is 1.18 bits per heavy atom. The van der Waals surface area contributed by atoms with Gasteiger partial charge < -0.3 is 14.7 Å². The minimum atomic E-state index is -0.999. The summed E-state index contributed by atoms with van der Waals surface area (Å²) in [5.41, 5.74) is 0.972. The second-order valence-corrected chi connectivity index (χ2v) is 6.27. The summed E-state index contributed by atoms with van der Waals surface area (Å²) in [5, 5.41) is 10.4. The lowest BCUT2D eigenvalue weighted by Crippen LogP contribution is -2.12. The van der Waals surface area contributed by atoms with Crippen molar-refractivity contribution in [1.82, 2.24) is 4.90 Å². The fourth-order valence-electron chi connectivity index (χ4n) is 2.44. The van der Waals surface area contributed by atoms with Crippen LogP contribution in [0.3, 0.4) is 0 Å². The first-order valence-corrected chi connectivity index (χ1v) is 8.65. The number of esters is 1. The van der Waals surface area contributed by atoms with E-state index < -0.39 is 23.4 Å². The third kappa shape index (κ3) is 5.72. The van der Waals surface area contributed by atoms with Gasteiger partial charge in [0.05, 0.1) is 17.9 Å². The van der Waals surface area contributed by atoms with Gasteiger partial charge in [0, 0.05) is 18.8 Å². The molecule has 2 rings (SSSR count). The summed E-state index contributed by atoms with van der Waals surface area (Å²) in [6.45, 7) is 2.43. The zero-order chi connectivity index (χ0) is 20.7. The van der Waals surface area contributed by atoms with Crippen molar-refractivity contribution >= 4 is 23.6 Å². The van der Waals surface area contributed by atoms with Crippen LogP contribution in [-0.4, -0.2) is 42.9 Å². The fraction of sp³-hybridized carbons (Fsp3) is 0.238. The summed E-state index contributed by atoms with van der Waals surface area (Å²) >= 11 is 0. The summed E-state index contributed by atoms with van der Waals surface area (Å²) in [6, 6.07) is 9.94. The van der Waals surface area contributed by atoms with Gasteiger partial charge in [-0.3, -0.25) is 4.99 Å². The number of carbonyl (C=O) groups is 1. The minimum absolute atomic E-state index is 0.0641. The summed E-state index contributed by atoms with van der Waals surface area (Å²) in [6.07, 6.45) is 1.11. The van der Waals surface area contributed by atoms with Gasteiger partial charge in [0.15, 0.2) is 0 Å². The van der Waals surface area contributed by atoms with Gasteiger partial charge in [0.25, 0.3) is 0 Å². The van der Waals surface area contributed by atoms with Crippen LogP contribution in [0.15, 0.2) is 53.0 Å². The van der Waals surface area contributed by atoms with E-state index in [1.807, 2.05) is 31.1 Å². The lowest BCUT2D eigenvalue weighted by Gasteiger charge is -2.09. The highest BCUT2D eigenvalue weighted by Crippen LogP contribution is 2.22. The van der Waals surface area contributed by atoms with Crippen LogP contribution in [0, 0.1) is 11.6 Å². The molecule has 0 bridgehead atoms. The van der Waals surface area contributed by atoms with Crippen molar-refractivity contribution in [3.8, 4) is 0 Å². The van der Waals surface area contributed by atoms with Crippen LogP contribution >= 0.6 is 0 Å². The molecule has 2 aromatic rings. The lowest BCUT2D eigenvalue weighted by atomic mass is 10.1. The molecule has 0 aliphatic rings. The molecule has 0 radical (unpaired) electrons. The number of carbonyl (C=O) groups excluding carboxylic acids is 1. The molecule has 0 aliphatic carbocycles. The van der Waals surface area contributed by atoms with Gasteiger partial charge in [0.2, 0.25) is 0 Å². The van der Waals surface area contributed by atoms with Gasteiger partial charge in [-0.25, -0.2) is 13.6 Å². The first-order chi connectivity index (χ1) is 13.3. The lowest BCUT2D eigenvalue weighted by molar-refractivity contribution is -0.137. The molecule has 0 fully saturated rings. The summed E-state index contributed by atoms with van der Waals surface area (Å²) in [5.74, 6) is -3.33. The Hall–Kier alpha value is -3.06. The molecule has 148 valence electrons. The average Bonchev–Trinajstić information content (AvgIpc) is 2.63. The standard InChI is InChI=1S/C21H22F2N2O3/c1-4-28-21(27)18(20(26)17-10-7-15(22)11-19(17)23)12-24-16-8-5-14(6-9-16)13-25(2)3/h5-12,26H,4,13H2,1-3H3. The molecule has 0 aliphatic heterocycles. The van der Waals surface area contributed by atoms with Crippen LogP contribution < -0.4 is 0 Å². The Morgan fingerprint density at radius 2 is 1.86 bits per heavy atom. The number of aliphatic hydroxyl groups is 1. The van der Waals surface area contributed by atoms with Crippen molar-refractivity contribution in [3.63, 3.8) is 0 Å². The van der Waals surface area contributed by atoms with E-state index >= 15 is 0 Å². The molecule has 28 heavy (non-hydrogen) atoms. The molecule has 0 saturated carbocycles. The van der Waals surface area contributed by atoms with Crippen LogP contribution in [0.1, 0.15) is 18.1 Å². The third-order valence-corrected chi connectivity index (χ3v) is 3.71. The van der Waals surface area contributed by atoms with E-state index in [0.29, 0.717) is 11.8 Å². The first kappa shape index (κ1) is 21.2. The second kappa shape index (κ2) is 9.75. The Balaban J connectivity index is 2.38. The van der Waals surface area contributed by atoms with Gasteiger partial charge >= 0.3 is 5.97 Å². The van der Waals surface area contributed by atoms with E-state index in [0.717, 1.165) is 30.5 Å². The predicted molar refractivity (Wildman–Crippen MR) is 105 cm³/mol. The van der Waals surface area contributed by atoms with Crippen molar-refractivity contribution in [2.75, 3.05) is 20.7 Å². The number of aliphatic imine (C=N–C) groups is 1. The van der Waals surface area contributed by atoms with E-state index in [1.54, 1.807) is 19.1 Å². The zero-order valence-electron chi connectivity index (χ0n) is 15.9. The van der Waals surface area contributed by atoms with Crippen molar-refractivity contribution in [2.24, 2.45) is 4.99 Å². The largest absolute Gasteiger partial charge is 0.506 e. The number of halogens is 2. The van der Waals surface area contributed by atoms with Crippen LogP contribution in [0.2, 0.25) is 0 Å². The van der Waals surface area contributed by atoms with Gasteiger partial charge in [-0.05, 0) is 50.8 Å². The number of nitrogens with zero attached hydrogens (tertiary/aromatic N) is 2. The average molecular weight is 388 g/mol. The van der Waals surface area contributed by atoms with E-state index in [4.69, 9.17) is 4.74 Å². The minimum Gasteiger partial charge on any atom is -0.506 e. The van der Waals surface area contributed by atoms with E-state index in [2.05, 4.69) is 4.99 Å². The maximum absolute atomic E-state index is 14.0. The molecule has 5 nitrogen and oxygen atoms in total. The normalized spacial score (nSPS) is 12.4. The van der Waals surface area contributed by atoms with Gasteiger partial charge in [-0.15, -0.1) is 0 Å². The highest BCUT2D eigenvalue weighted by atomic mass is 19.1. The molecule has 0 unspecified atom stereocenters. The van der Waals surface area contributed by atoms with Crippen molar-refractivity contribution in [1.29, 1.82) is 0 Å². The van der Waals surface area contributed by atoms with E-state index in [1.165, 1.54) is 0 Å². The van der Waals surface area contributed by atoms with Crippen LogP contribution in [0.25, 0.3) is 5.76 Å². The number of hydrogen-bond donors (Lipinski definition) is 1. The molecular formula is C21H22F2N2O3. The Kier molecular flexibility index (Phi) is 7.40. The topological polar surface area (TPSA) is 62.1 Å². The zero-order valence-corrected chi connectivity index (χ0v) is 15.9. The fourth-order valence-corrected chi connectivity index (χ4v) is 2.44. The molecule has 0 aromatic heterocycles. The number of rotatable bonds is 7. The summed E-state index contributed by atoms with van der Waals surface area (Å²) < 4.78 is 32.0. The molecule has 0 saturated heterocycles. The third-order valence-electron chi connectivity index (χ3n) is 3.71. The summed E-state index contributed by atoms with van der Waals surface area (Å²) in [4.78, 5) is 18.4. The molecular weight excluding hydrogens is 366 g/mol. The number of benzene rings is 2. The van der Waals surface area contributed by atoms with Gasteiger partial charge in [0.1, 0.15) is 23.0 Å². The SMILES string of the molecule is CCOC(=O)C(C=Nc1ccc(CN(C)C)cc1)=C(O)c1ccc(F)cc1F. The van der Waals surface area contributed by atoms with Crippen molar-refractivity contribution in [2.45, 2.75) is 13.5 Å². The quantitative estimate of drug-likeness (QED) is 0.333. The van der Waals surface area contributed by atoms with E-state index in [-0.39, 0.29) is 17.7 Å². The van der Waals surface area contributed by atoms with Gasteiger partial charge in [-0.2, -0.15) is 0 Å². The number of aliphatic hydroxyl groups excluding tert-OH is 1. The maximum atomic E-state index is 14.0. The monoisotopic (exact) mass is 388 g/mol. The Labute approximate surface area is 162 Å². The Morgan fingerprint density at radius 3 is 2.43 bits per heavy atom. The predicted octanol–water partition coefficient (Wildman–Crippen LogP) is 4.26. The molecule has 0 heterocycles. The van der Waals surface area contributed by atoms with Gasteiger partial charge in [-0.1, -0.05) is 12.1 Å². The Bertz CT molecular complexity index is 891. The first-order valence-electron chi connectivity index (χ1n) is 8.65. The van der Waals surface area contributed by atoms with Crippen molar-refractivity contribution < 1.29 is 23.4 Å². The highest BCUT2D eigenvalue weighted by molar-refractivity contribution is 6.15. The highest BCUT2D eigenvalue weighted by Gasteiger charge is 2.19. The molecule has 1 N–H and O–H groups in total. The smallest absolute Gasteiger partial charge is 0.343 e. The second-order valence-electron chi connectivity index (χ2n) is 6.27. The molecule has 0 atom stereocenters. The van der Waals surface area contributed by atoms with Crippen molar-refractivity contribution in [3.05, 3.63) is 70.8 Å². The maximum Gasteiger partial charge on any atom is 0.343 e. The number of hydrogen-bond acceptors (Lipinski definition) is 5.